The minimum atomic E-state index is -0.818. The van der Waals surface area contributed by atoms with E-state index in [4.69, 9.17) is 9.84 Å². The van der Waals surface area contributed by atoms with E-state index in [0.29, 0.717) is 38.6 Å². The molecule has 2 aliphatic rings. The van der Waals surface area contributed by atoms with Gasteiger partial charge in [0.25, 0.3) is 0 Å². The summed E-state index contributed by atoms with van der Waals surface area (Å²) in [6.45, 7) is 4.80. The molecule has 2 N–H and O–H groups in total. The Morgan fingerprint density at radius 1 is 1.25 bits per heavy atom. The third-order valence-electron chi connectivity index (χ3n) is 3.87. The van der Waals surface area contributed by atoms with Gasteiger partial charge < -0.3 is 20.1 Å². The number of ether oxygens (including phenoxy) is 1. The van der Waals surface area contributed by atoms with Gasteiger partial charge in [-0.15, -0.1) is 0 Å². The highest BCUT2D eigenvalue weighted by Crippen LogP contribution is 2.15. The Morgan fingerprint density at radius 2 is 2.00 bits per heavy atom. The maximum Gasteiger partial charge on any atom is 0.317 e. The molecule has 20 heavy (non-hydrogen) atoms. The number of carbonyl (C=O) groups is 2. The van der Waals surface area contributed by atoms with Crippen molar-refractivity contribution in [3.63, 3.8) is 0 Å². The second kappa shape index (κ2) is 7.44. The number of urea groups is 1. The predicted octanol–water partition coefficient (Wildman–Crippen LogP) is -0.175. The fourth-order valence-corrected chi connectivity index (χ4v) is 2.61. The van der Waals surface area contributed by atoms with Crippen LogP contribution in [0.2, 0.25) is 0 Å². The molecule has 2 aliphatic heterocycles. The van der Waals surface area contributed by atoms with Crippen LogP contribution >= 0.6 is 0 Å². The Bertz CT molecular complexity index is 337. The molecule has 0 radical (unpaired) electrons. The van der Waals surface area contributed by atoms with Crippen LogP contribution in [-0.4, -0.2) is 79.4 Å². The molecule has 0 aromatic heterocycles. The summed E-state index contributed by atoms with van der Waals surface area (Å²) in [5.41, 5.74) is 0. The summed E-state index contributed by atoms with van der Waals surface area (Å²) in [5, 5.41) is 11.6. The van der Waals surface area contributed by atoms with E-state index < -0.39 is 5.97 Å². The van der Waals surface area contributed by atoms with Gasteiger partial charge in [-0.3, -0.25) is 9.69 Å². The predicted molar refractivity (Wildman–Crippen MR) is 72.6 cm³/mol. The van der Waals surface area contributed by atoms with Crippen LogP contribution in [0, 0.1) is 5.92 Å². The number of nitrogens with zero attached hydrogens (tertiary/aromatic N) is 2. The molecule has 2 amide bonds. The third kappa shape index (κ3) is 4.64. The van der Waals surface area contributed by atoms with E-state index in [2.05, 4.69) is 5.32 Å². The quantitative estimate of drug-likeness (QED) is 0.732. The molecule has 0 aliphatic carbocycles. The lowest BCUT2D eigenvalue weighted by Crippen LogP contribution is -2.52. The Labute approximate surface area is 118 Å². The van der Waals surface area contributed by atoms with Gasteiger partial charge in [0, 0.05) is 45.9 Å². The summed E-state index contributed by atoms with van der Waals surface area (Å²) in [7, 11) is 0. The molecule has 0 spiro atoms. The first-order chi connectivity index (χ1) is 9.65. The molecular weight excluding hydrogens is 262 g/mol. The first-order valence-electron chi connectivity index (χ1n) is 7.20. The number of carboxylic acids is 1. The zero-order valence-electron chi connectivity index (χ0n) is 11.7. The normalized spacial score (nSPS) is 23.8. The van der Waals surface area contributed by atoms with Crippen molar-refractivity contribution >= 4 is 12.0 Å². The van der Waals surface area contributed by atoms with Gasteiger partial charge in [-0.1, -0.05) is 0 Å². The van der Waals surface area contributed by atoms with Crippen LogP contribution in [0.4, 0.5) is 4.79 Å². The van der Waals surface area contributed by atoms with Crippen molar-refractivity contribution in [3.8, 4) is 0 Å². The highest BCUT2D eigenvalue weighted by Gasteiger charge is 2.22. The average molecular weight is 285 g/mol. The Hall–Kier alpha value is -1.34. The summed E-state index contributed by atoms with van der Waals surface area (Å²) in [5.74, 6) is -0.246. The number of piperazine rings is 1. The van der Waals surface area contributed by atoms with Crippen LogP contribution in [-0.2, 0) is 9.53 Å². The first-order valence-corrected chi connectivity index (χ1v) is 7.20. The zero-order valence-corrected chi connectivity index (χ0v) is 11.7. The van der Waals surface area contributed by atoms with Crippen molar-refractivity contribution in [1.82, 2.24) is 15.1 Å². The molecule has 2 saturated heterocycles. The minimum absolute atomic E-state index is 0.0427. The van der Waals surface area contributed by atoms with Crippen molar-refractivity contribution in [2.75, 3.05) is 52.5 Å². The van der Waals surface area contributed by atoms with Crippen molar-refractivity contribution in [3.05, 3.63) is 0 Å². The average Bonchev–Trinajstić information content (AvgIpc) is 2.92. The molecule has 1 unspecified atom stereocenters. The number of aliphatic carboxylic acids is 1. The van der Waals surface area contributed by atoms with Gasteiger partial charge in [-0.05, 0) is 18.8 Å². The third-order valence-corrected chi connectivity index (χ3v) is 3.87. The molecule has 7 nitrogen and oxygen atoms in total. The van der Waals surface area contributed by atoms with Gasteiger partial charge in [-0.25, -0.2) is 4.79 Å². The lowest BCUT2D eigenvalue weighted by molar-refractivity contribution is -0.138. The van der Waals surface area contributed by atoms with Crippen molar-refractivity contribution < 1.29 is 19.4 Å². The van der Waals surface area contributed by atoms with E-state index in [1.807, 2.05) is 4.90 Å². The fourth-order valence-electron chi connectivity index (χ4n) is 2.61. The molecule has 0 bridgehead atoms. The molecule has 2 fully saturated rings. The largest absolute Gasteiger partial charge is 0.480 e. The minimum Gasteiger partial charge on any atom is -0.480 e. The standard InChI is InChI=1S/C13H23N3O4/c17-12(18)9-15-4-6-16(7-5-15)13(19)14-3-1-11-2-8-20-10-11/h11H,1-10H2,(H,14,19)(H,17,18). The van der Waals surface area contributed by atoms with E-state index >= 15 is 0 Å². The molecular formula is C13H23N3O4. The van der Waals surface area contributed by atoms with Gasteiger partial charge in [-0.2, -0.15) is 0 Å². The van der Waals surface area contributed by atoms with Crippen molar-refractivity contribution in [2.45, 2.75) is 12.8 Å². The number of carbonyl (C=O) groups excluding carboxylic acids is 1. The summed E-state index contributed by atoms with van der Waals surface area (Å²) in [6.07, 6.45) is 2.05. The maximum absolute atomic E-state index is 11.9. The monoisotopic (exact) mass is 285 g/mol. The molecule has 2 rings (SSSR count). The maximum atomic E-state index is 11.9. The van der Waals surface area contributed by atoms with Gasteiger partial charge in [0.15, 0.2) is 0 Å². The lowest BCUT2D eigenvalue weighted by atomic mass is 10.1. The number of carboxylic acid groups (broad SMARTS) is 1. The fraction of sp³-hybridized carbons (Fsp3) is 0.846. The Balaban J connectivity index is 1.60. The van der Waals surface area contributed by atoms with Gasteiger partial charge in [0.05, 0.1) is 6.54 Å². The topological polar surface area (TPSA) is 82.1 Å². The summed E-state index contributed by atoms with van der Waals surface area (Å²) >= 11 is 0. The summed E-state index contributed by atoms with van der Waals surface area (Å²) < 4.78 is 5.30. The number of hydrogen-bond acceptors (Lipinski definition) is 4. The molecule has 7 heteroatoms. The molecule has 0 saturated carbocycles. The van der Waals surface area contributed by atoms with E-state index in [1.165, 1.54) is 0 Å². The number of amides is 2. The zero-order chi connectivity index (χ0) is 14.4. The number of hydrogen-bond donors (Lipinski definition) is 2. The lowest BCUT2D eigenvalue weighted by Gasteiger charge is -2.33. The Morgan fingerprint density at radius 3 is 2.60 bits per heavy atom. The van der Waals surface area contributed by atoms with E-state index in [-0.39, 0.29) is 12.6 Å². The first kappa shape index (κ1) is 15.1. The van der Waals surface area contributed by atoms with Gasteiger partial charge in [0.1, 0.15) is 0 Å². The smallest absolute Gasteiger partial charge is 0.317 e. The van der Waals surface area contributed by atoms with E-state index in [9.17, 15) is 9.59 Å². The van der Waals surface area contributed by atoms with Gasteiger partial charge >= 0.3 is 12.0 Å². The van der Waals surface area contributed by atoms with Crippen LogP contribution in [0.15, 0.2) is 0 Å². The van der Waals surface area contributed by atoms with E-state index in [0.717, 1.165) is 26.1 Å². The molecule has 114 valence electrons. The van der Waals surface area contributed by atoms with Crippen molar-refractivity contribution in [1.29, 1.82) is 0 Å². The summed E-state index contributed by atoms with van der Waals surface area (Å²) in [4.78, 5) is 26.2. The van der Waals surface area contributed by atoms with Gasteiger partial charge in [0.2, 0.25) is 0 Å². The molecule has 1 atom stereocenters. The molecule has 2 heterocycles. The second-order valence-corrected chi connectivity index (χ2v) is 5.41. The SMILES string of the molecule is O=C(O)CN1CCN(C(=O)NCCC2CCOC2)CC1. The van der Waals surface area contributed by atoms with Crippen LogP contribution < -0.4 is 5.32 Å². The van der Waals surface area contributed by atoms with Crippen LogP contribution in [0.25, 0.3) is 0 Å². The van der Waals surface area contributed by atoms with Crippen LogP contribution in [0.5, 0.6) is 0 Å². The van der Waals surface area contributed by atoms with Crippen molar-refractivity contribution in [2.24, 2.45) is 5.92 Å². The Kier molecular flexibility index (Phi) is 5.60. The highest BCUT2D eigenvalue weighted by molar-refractivity contribution is 5.74. The van der Waals surface area contributed by atoms with Crippen LogP contribution in [0.1, 0.15) is 12.8 Å². The number of nitrogens with one attached hydrogen (secondary N) is 1. The number of rotatable bonds is 5. The second-order valence-electron chi connectivity index (χ2n) is 5.41. The highest BCUT2D eigenvalue weighted by atomic mass is 16.5. The van der Waals surface area contributed by atoms with E-state index in [1.54, 1.807) is 4.90 Å². The molecule has 0 aromatic carbocycles. The van der Waals surface area contributed by atoms with Crippen LogP contribution in [0.3, 0.4) is 0 Å². The molecule has 0 aromatic rings. The summed E-state index contributed by atoms with van der Waals surface area (Å²) in [6, 6.07) is -0.0427.